The van der Waals surface area contributed by atoms with Crippen LogP contribution >= 0.6 is 0 Å². The fourth-order valence-corrected chi connectivity index (χ4v) is 11.0. The lowest BCUT2D eigenvalue weighted by atomic mass is 9.70. The number of nitrogens with zero attached hydrogens (tertiary/aromatic N) is 1. The molecule has 0 aliphatic heterocycles. The van der Waals surface area contributed by atoms with Gasteiger partial charge in [0.05, 0.1) is 16.8 Å². The number of hydrogen-bond acceptors (Lipinski definition) is 2. The van der Waals surface area contributed by atoms with Crippen molar-refractivity contribution in [1.82, 2.24) is 0 Å². The first-order chi connectivity index (χ1) is 29.7. The largest absolute Gasteiger partial charge is 0.454 e. The van der Waals surface area contributed by atoms with Gasteiger partial charge in [0.15, 0.2) is 5.58 Å². The molecule has 10 aromatic carbocycles. The molecule has 2 nitrogen and oxygen atoms in total. The van der Waals surface area contributed by atoms with E-state index in [9.17, 15) is 0 Å². The van der Waals surface area contributed by atoms with Gasteiger partial charge in [0.25, 0.3) is 0 Å². The highest BCUT2D eigenvalue weighted by molar-refractivity contribution is 6.22. The van der Waals surface area contributed by atoms with Crippen molar-refractivity contribution in [3.63, 3.8) is 0 Å². The maximum atomic E-state index is 7.12. The second kappa shape index (κ2) is 12.4. The molecule has 0 unspecified atom stereocenters. The van der Waals surface area contributed by atoms with Crippen molar-refractivity contribution in [2.24, 2.45) is 0 Å². The third-order valence-corrected chi connectivity index (χ3v) is 13.4. The number of fused-ring (bicyclic) bond motifs is 16. The molecule has 0 bridgehead atoms. The first-order valence-corrected chi connectivity index (χ1v) is 20.8. The topological polar surface area (TPSA) is 16.4 Å². The Balaban J connectivity index is 1.11. The Morgan fingerprint density at radius 1 is 0.400 bits per heavy atom. The molecule has 1 aromatic heterocycles. The molecule has 0 saturated carbocycles. The predicted octanol–water partition coefficient (Wildman–Crippen LogP) is 15.7. The van der Waals surface area contributed by atoms with E-state index < -0.39 is 5.41 Å². The van der Waals surface area contributed by atoms with E-state index in [-0.39, 0.29) is 0 Å². The SMILES string of the molecule is Cc1cc2ccccc2c2c1oc1c(N(c3ccc(-c4cccc5ccccc45)cc3)c3cccc4c3-c3ccccc3C43c4ccccc4-c4ccccc43)cccc12. The zero-order valence-electron chi connectivity index (χ0n) is 33.0. The number of aryl methyl sites for hydroxylation is 1. The summed E-state index contributed by atoms with van der Waals surface area (Å²) < 4.78 is 7.12. The predicted molar refractivity (Wildman–Crippen MR) is 250 cm³/mol. The van der Waals surface area contributed by atoms with Crippen molar-refractivity contribution in [2.75, 3.05) is 4.90 Å². The molecule has 0 saturated heterocycles. The molecule has 0 amide bonds. The summed E-state index contributed by atoms with van der Waals surface area (Å²) in [5, 5.41) is 7.19. The molecule has 13 rings (SSSR count). The number of furan rings is 1. The van der Waals surface area contributed by atoms with Crippen LogP contribution in [0.2, 0.25) is 0 Å². The molecule has 0 radical (unpaired) electrons. The fourth-order valence-electron chi connectivity index (χ4n) is 11.0. The van der Waals surface area contributed by atoms with Gasteiger partial charge in [0.1, 0.15) is 5.58 Å². The monoisotopic (exact) mass is 763 g/mol. The quantitative estimate of drug-likeness (QED) is 0.177. The maximum Gasteiger partial charge on any atom is 0.159 e. The molecule has 60 heavy (non-hydrogen) atoms. The van der Waals surface area contributed by atoms with Crippen LogP contribution in [0.3, 0.4) is 0 Å². The molecule has 1 heterocycles. The Morgan fingerprint density at radius 3 is 1.70 bits per heavy atom. The van der Waals surface area contributed by atoms with E-state index in [1.165, 1.54) is 77.2 Å². The van der Waals surface area contributed by atoms with E-state index in [4.69, 9.17) is 4.42 Å². The molecule has 2 heteroatoms. The normalized spacial score (nSPS) is 13.2. The van der Waals surface area contributed by atoms with Crippen molar-refractivity contribution in [1.29, 1.82) is 0 Å². The van der Waals surface area contributed by atoms with Crippen LogP contribution in [0.1, 0.15) is 27.8 Å². The summed E-state index contributed by atoms with van der Waals surface area (Å²) in [6, 6.07) is 76.0. The molecule has 2 aliphatic rings. The van der Waals surface area contributed by atoms with Gasteiger partial charge in [-0.25, -0.2) is 0 Å². The minimum atomic E-state index is -0.458. The average molecular weight is 764 g/mol. The summed E-state index contributed by atoms with van der Waals surface area (Å²) >= 11 is 0. The summed E-state index contributed by atoms with van der Waals surface area (Å²) in [6.07, 6.45) is 0. The Morgan fingerprint density at radius 2 is 0.933 bits per heavy atom. The Labute approximate surface area is 348 Å². The van der Waals surface area contributed by atoms with Crippen molar-refractivity contribution < 1.29 is 4.42 Å². The van der Waals surface area contributed by atoms with Crippen molar-refractivity contribution in [2.45, 2.75) is 12.3 Å². The Kier molecular flexibility index (Phi) is 6.89. The van der Waals surface area contributed by atoms with Gasteiger partial charge < -0.3 is 9.32 Å². The van der Waals surface area contributed by atoms with Gasteiger partial charge in [0, 0.05) is 22.0 Å². The number of hydrogen-bond donors (Lipinski definition) is 0. The van der Waals surface area contributed by atoms with Crippen LogP contribution in [0.25, 0.3) is 76.9 Å². The van der Waals surface area contributed by atoms with E-state index in [1.807, 2.05) is 0 Å². The van der Waals surface area contributed by atoms with E-state index in [0.717, 1.165) is 44.6 Å². The smallest absolute Gasteiger partial charge is 0.159 e. The summed E-state index contributed by atoms with van der Waals surface area (Å²) in [6.45, 7) is 2.17. The first kappa shape index (κ1) is 33.3. The molecule has 1 spiro atoms. The highest BCUT2D eigenvalue weighted by Gasteiger charge is 2.52. The first-order valence-electron chi connectivity index (χ1n) is 20.8. The number of benzene rings is 10. The molecule has 280 valence electrons. The molecular formula is C58H37NO. The molecule has 2 aliphatic carbocycles. The number of anilines is 3. The van der Waals surface area contributed by atoms with Crippen LogP contribution < -0.4 is 4.90 Å². The maximum absolute atomic E-state index is 7.12. The summed E-state index contributed by atoms with van der Waals surface area (Å²) in [4.78, 5) is 2.45. The van der Waals surface area contributed by atoms with Gasteiger partial charge in [-0.2, -0.15) is 0 Å². The second-order valence-electron chi connectivity index (χ2n) is 16.4. The van der Waals surface area contributed by atoms with Gasteiger partial charge in [-0.3, -0.25) is 0 Å². The van der Waals surface area contributed by atoms with Crippen LogP contribution in [-0.4, -0.2) is 0 Å². The lowest BCUT2D eigenvalue weighted by Gasteiger charge is -2.31. The summed E-state index contributed by atoms with van der Waals surface area (Å²) in [5.74, 6) is 0. The number of rotatable bonds is 4. The second-order valence-corrected chi connectivity index (χ2v) is 16.4. The van der Waals surface area contributed by atoms with Crippen LogP contribution in [0.15, 0.2) is 211 Å². The molecule has 0 atom stereocenters. The van der Waals surface area contributed by atoms with E-state index in [0.29, 0.717) is 0 Å². The van der Waals surface area contributed by atoms with Crippen molar-refractivity contribution >= 4 is 60.5 Å². The van der Waals surface area contributed by atoms with Gasteiger partial charge in [-0.15, -0.1) is 0 Å². The molecule has 0 N–H and O–H groups in total. The van der Waals surface area contributed by atoms with Gasteiger partial charge >= 0.3 is 0 Å². The van der Waals surface area contributed by atoms with Gasteiger partial charge in [-0.05, 0) is 114 Å². The average Bonchev–Trinajstić information content (AvgIpc) is 3.95. The van der Waals surface area contributed by atoms with Gasteiger partial charge in [-0.1, -0.05) is 176 Å². The summed E-state index contributed by atoms with van der Waals surface area (Å²) in [5.41, 5.74) is 18.5. The lowest BCUT2D eigenvalue weighted by molar-refractivity contribution is 0.666. The fraction of sp³-hybridized carbons (Fsp3) is 0.0345. The zero-order valence-corrected chi connectivity index (χ0v) is 33.0. The van der Waals surface area contributed by atoms with Crippen LogP contribution in [-0.2, 0) is 5.41 Å². The highest BCUT2D eigenvalue weighted by atomic mass is 16.3. The van der Waals surface area contributed by atoms with Crippen LogP contribution in [0, 0.1) is 6.92 Å². The van der Waals surface area contributed by atoms with Crippen LogP contribution in [0.4, 0.5) is 17.1 Å². The van der Waals surface area contributed by atoms with E-state index in [2.05, 4.69) is 218 Å². The molecule has 0 fully saturated rings. The minimum Gasteiger partial charge on any atom is -0.454 e. The molecular weight excluding hydrogens is 727 g/mol. The minimum absolute atomic E-state index is 0.458. The van der Waals surface area contributed by atoms with Crippen LogP contribution in [0.5, 0.6) is 0 Å². The zero-order chi connectivity index (χ0) is 39.5. The van der Waals surface area contributed by atoms with E-state index >= 15 is 0 Å². The standard InChI is InChI=1S/C58H37NO/c1-36-35-39-16-3-5-19-43(39)54-47-24-13-30-53(57(47)60-56(36)54)59(40-33-31-38(32-34-40)42-23-12-17-37-15-2-4-18-41(37)42)52-29-14-28-51-55(52)46-22-8-11-27-50(46)58(51)48-25-9-6-20-44(48)45-21-7-10-26-49(45)58/h2-35H,1H3. The third-order valence-electron chi connectivity index (χ3n) is 13.4. The molecule has 11 aromatic rings. The summed E-state index contributed by atoms with van der Waals surface area (Å²) in [7, 11) is 0. The van der Waals surface area contributed by atoms with E-state index in [1.54, 1.807) is 0 Å². The Hall–Kier alpha value is -7.68. The van der Waals surface area contributed by atoms with Crippen molar-refractivity contribution in [3.8, 4) is 33.4 Å². The highest BCUT2D eigenvalue weighted by Crippen LogP contribution is 2.65. The van der Waals surface area contributed by atoms with Crippen molar-refractivity contribution in [3.05, 3.63) is 234 Å². The van der Waals surface area contributed by atoms with Gasteiger partial charge in [0.2, 0.25) is 0 Å². The number of para-hydroxylation sites is 1. The Bertz CT molecular complexity index is 3520. The third kappa shape index (κ3) is 4.37. The lowest BCUT2D eigenvalue weighted by Crippen LogP contribution is -2.26.